The summed E-state index contributed by atoms with van der Waals surface area (Å²) in [7, 11) is 3.08. The number of carbonyl (C=O) groups is 1. The van der Waals surface area contributed by atoms with Gasteiger partial charge in [0.25, 0.3) is 0 Å². The van der Waals surface area contributed by atoms with E-state index in [9.17, 15) is 4.79 Å². The van der Waals surface area contributed by atoms with Crippen LogP contribution in [0.5, 0.6) is 11.5 Å². The number of hydrogen-bond acceptors (Lipinski definition) is 4. The highest BCUT2D eigenvalue weighted by Crippen LogP contribution is 2.37. The number of carbonyl (C=O) groups excluding carboxylic acids is 1. The zero-order chi connectivity index (χ0) is 19.2. The van der Waals surface area contributed by atoms with E-state index >= 15 is 0 Å². The molecular formula is C23H24O4. The maximum Gasteiger partial charge on any atom is 0.307 e. The average Bonchev–Trinajstić information content (AvgIpc) is 3.10. The van der Waals surface area contributed by atoms with Crippen molar-refractivity contribution in [1.82, 2.24) is 0 Å². The van der Waals surface area contributed by atoms with Crippen LogP contribution in [0, 0.1) is 11.8 Å². The average molecular weight is 364 g/mol. The van der Waals surface area contributed by atoms with Crippen LogP contribution in [0.25, 0.3) is 0 Å². The van der Waals surface area contributed by atoms with Crippen LogP contribution in [0.15, 0.2) is 42.5 Å². The molecule has 1 aliphatic rings. The molecule has 0 spiro atoms. The molecule has 0 saturated heterocycles. The van der Waals surface area contributed by atoms with Crippen molar-refractivity contribution in [2.24, 2.45) is 0 Å². The molecule has 4 heteroatoms. The number of ether oxygens (including phenoxy) is 3. The lowest BCUT2D eigenvalue weighted by Gasteiger charge is -2.16. The number of benzene rings is 2. The van der Waals surface area contributed by atoms with Crippen molar-refractivity contribution in [3.05, 3.63) is 59.2 Å². The summed E-state index contributed by atoms with van der Waals surface area (Å²) in [5.41, 5.74) is 3.49. The Bertz CT molecular complexity index is 858. The standard InChI is InChI=1S/C23H24O4/c1-4-5-17(15-23(24)26-3)16-6-9-19(10-7-16)27-22-13-8-18-14-20(25-2)11-12-21(18)22/h6-7,9-12,14,17,22H,8,13,15H2,1-3H3/t17-,22?/m0/s1. The first-order chi connectivity index (χ1) is 13.1. The van der Waals surface area contributed by atoms with Gasteiger partial charge in [-0.3, -0.25) is 4.79 Å². The molecule has 1 aliphatic carbocycles. The van der Waals surface area contributed by atoms with Crippen LogP contribution in [0.4, 0.5) is 0 Å². The number of fused-ring (bicyclic) bond motifs is 1. The third kappa shape index (κ3) is 4.43. The Morgan fingerprint density at radius 2 is 1.89 bits per heavy atom. The molecule has 1 unspecified atom stereocenters. The molecule has 0 fully saturated rings. The monoisotopic (exact) mass is 364 g/mol. The van der Waals surface area contributed by atoms with E-state index in [-0.39, 0.29) is 24.4 Å². The van der Waals surface area contributed by atoms with Crippen molar-refractivity contribution in [3.8, 4) is 23.3 Å². The first-order valence-electron chi connectivity index (χ1n) is 9.07. The quantitative estimate of drug-likeness (QED) is 0.562. The van der Waals surface area contributed by atoms with Gasteiger partial charge in [-0.15, -0.1) is 5.92 Å². The lowest BCUT2D eigenvalue weighted by atomic mass is 9.96. The van der Waals surface area contributed by atoms with Crippen molar-refractivity contribution in [2.75, 3.05) is 14.2 Å². The minimum absolute atomic E-state index is 0.0538. The predicted octanol–water partition coefficient (Wildman–Crippen LogP) is 4.43. The third-order valence-corrected chi connectivity index (χ3v) is 4.85. The molecule has 2 atom stereocenters. The van der Waals surface area contributed by atoms with E-state index in [4.69, 9.17) is 14.2 Å². The molecule has 0 radical (unpaired) electrons. The van der Waals surface area contributed by atoms with Gasteiger partial charge in [0.1, 0.15) is 17.6 Å². The van der Waals surface area contributed by atoms with Gasteiger partial charge < -0.3 is 14.2 Å². The van der Waals surface area contributed by atoms with Crippen molar-refractivity contribution in [1.29, 1.82) is 0 Å². The fourth-order valence-corrected chi connectivity index (χ4v) is 3.42. The first kappa shape index (κ1) is 18.8. The van der Waals surface area contributed by atoms with Crippen molar-refractivity contribution < 1.29 is 19.0 Å². The Labute approximate surface area is 160 Å². The van der Waals surface area contributed by atoms with Gasteiger partial charge in [-0.25, -0.2) is 0 Å². The van der Waals surface area contributed by atoms with Gasteiger partial charge in [0.05, 0.1) is 26.6 Å². The summed E-state index contributed by atoms with van der Waals surface area (Å²) in [5, 5.41) is 0. The van der Waals surface area contributed by atoms with Crippen LogP contribution in [-0.4, -0.2) is 20.2 Å². The number of aryl methyl sites for hydroxylation is 1. The zero-order valence-electron chi connectivity index (χ0n) is 16.0. The molecule has 0 aliphatic heterocycles. The molecule has 0 N–H and O–H groups in total. The Morgan fingerprint density at radius 3 is 2.56 bits per heavy atom. The summed E-state index contributed by atoms with van der Waals surface area (Å²) in [4.78, 5) is 11.6. The van der Waals surface area contributed by atoms with E-state index < -0.39 is 0 Å². The second kappa shape index (κ2) is 8.64. The van der Waals surface area contributed by atoms with Gasteiger partial charge in [0.15, 0.2) is 0 Å². The summed E-state index contributed by atoms with van der Waals surface area (Å²) in [6.45, 7) is 1.77. The topological polar surface area (TPSA) is 44.8 Å². The highest BCUT2D eigenvalue weighted by Gasteiger charge is 2.24. The fourth-order valence-electron chi connectivity index (χ4n) is 3.42. The molecule has 3 rings (SSSR count). The van der Waals surface area contributed by atoms with Gasteiger partial charge in [-0.2, -0.15) is 0 Å². The second-order valence-electron chi connectivity index (χ2n) is 6.51. The Hall–Kier alpha value is -2.93. The summed E-state index contributed by atoms with van der Waals surface area (Å²) in [6.07, 6.45) is 2.24. The highest BCUT2D eigenvalue weighted by molar-refractivity contribution is 5.71. The minimum Gasteiger partial charge on any atom is -0.497 e. The SMILES string of the molecule is CC#C[C@@H](CC(=O)OC)c1ccc(OC2CCc3cc(OC)ccc32)cc1. The van der Waals surface area contributed by atoms with Gasteiger partial charge in [-0.05, 0) is 60.7 Å². The summed E-state index contributed by atoms with van der Waals surface area (Å²) in [6, 6.07) is 14.0. The molecule has 0 saturated carbocycles. The van der Waals surface area contributed by atoms with Crippen molar-refractivity contribution in [3.63, 3.8) is 0 Å². The van der Waals surface area contributed by atoms with E-state index in [1.54, 1.807) is 14.0 Å². The van der Waals surface area contributed by atoms with Crippen LogP contribution in [0.2, 0.25) is 0 Å². The third-order valence-electron chi connectivity index (χ3n) is 4.85. The lowest BCUT2D eigenvalue weighted by Crippen LogP contribution is -2.08. The number of esters is 1. The molecular weight excluding hydrogens is 340 g/mol. The molecule has 0 bridgehead atoms. The number of methoxy groups -OCH3 is 2. The van der Waals surface area contributed by atoms with Crippen LogP contribution in [0.1, 0.15) is 48.5 Å². The maximum absolute atomic E-state index is 11.6. The van der Waals surface area contributed by atoms with Crippen LogP contribution < -0.4 is 9.47 Å². The van der Waals surface area contributed by atoms with E-state index in [2.05, 4.69) is 24.0 Å². The zero-order valence-corrected chi connectivity index (χ0v) is 16.0. The molecule has 4 nitrogen and oxygen atoms in total. The Kier molecular flexibility index (Phi) is 6.03. The second-order valence-corrected chi connectivity index (χ2v) is 6.51. The minimum atomic E-state index is -0.263. The summed E-state index contributed by atoms with van der Waals surface area (Å²) >= 11 is 0. The van der Waals surface area contributed by atoms with Crippen LogP contribution in [-0.2, 0) is 16.0 Å². The smallest absolute Gasteiger partial charge is 0.307 e. The molecule has 0 heterocycles. The van der Waals surface area contributed by atoms with E-state index in [1.807, 2.05) is 30.3 Å². The number of hydrogen-bond donors (Lipinski definition) is 0. The van der Waals surface area contributed by atoms with E-state index in [0.29, 0.717) is 0 Å². The van der Waals surface area contributed by atoms with Crippen molar-refractivity contribution >= 4 is 5.97 Å². The van der Waals surface area contributed by atoms with E-state index in [0.717, 1.165) is 29.9 Å². The fraction of sp³-hybridized carbons (Fsp3) is 0.348. The van der Waals surface area contributed by atoms with Gasteiger partial charge >= 0.3 is 5.97 Å². The van der Waals surface area contributed by atoms with Gasteiger partial charge in [0.2, 0.25) is 0 Å². The summed E-state index contributed by atoms with van der Waals surface area (Å²) < 4.78 is 16.3. The van der Waals surface area contributed by atoms with Gasteiger partial charge in [-0.1, -0.05) is 24.1 Å². The molecule has 2 aromatic rings. The molecule has 27 heavy (non-hydrogen) atoms. The Balaban J connectivity index is 1.71. The first-order valence-corrected chi connectivity index (χ1v) is 9.07. The van der Waals surface area contributed by atoms with Crippen molar-refractivity contribution in [2.45, 2.75) is 38.2 Å². The number of rotatable bonds is 6. The predicted molar refractivity (Wildman–Crippen MR) is 104 cm³/mol. The normalized spacial score (nSPS) is 15.9. The Morgan fingerprint density at radius 1 is 1.15 bits per heavy atom. The highest BCUT2D eigenvalue weighted by atomic mass is 16.5. The largest absolute Gasteiger partial charge is 0.497 e. The van der Waals surface area contributed by atoms with Crippen LogP contribution >= 0.6 is 0 Å². The van der Waals surface area contributed by atoms with Crippen LogP contribution in [0.3, 0.4) is 0 Å². The summed E-state index contributed by atoms with van der Waals surface area (Å²) in [5.74, 6) is 7.23. The van der Waals surface area contributed by atoms with E-state index in [1.165, 1.54) is 18.2 Å². The molecule has 0 aromatic heterocycles. The maximum atomic E-state index is 11.6. The van der Waals surface area contributed by atoms with Gasteiger partial charge in [0, 0.05) is 0 Å². The molecule has 0 amide bonds. The lowest BCUT2D eigenvalue weighted by molar-refractivity contribution is -0.140. The molecule has 2 aromatic carbocycles. The molecule has 140 valence electrons.